The second kappa shape index (κ2) is 8.59. The normalized spacial score (nSPS) is 21.8. The molecule has 0 saturated carbocycles. The van der Waals surface area contributed by atoms with Gasteiger partial charge < -0.3 is 15.0 Å². The highest BCUT2D eigenvalue weighted by atomic mass is 16.5. The SMILES string of the molecule is CC(C)CCNC(=O)N1CCC(CN2CCOCC2)CC1. The van der Waals surface area contributed by atoms with Crippen LogP contribution < -0.4 is 5.32 Å². The summed E-state index contributed by atoms with van der Waals surface area (Å²) in [5.41, 5.74) is 0. The van der Waals surface area contributed by atoms with E-state index in [2.05, 4.69) is 24.1 Å². The molecule has 5 nitrogen and oxygen atoms in total. The summed E-state index contributed by atoms with van der Waals surface area (Å²) < 4.78 is 5.39. The van der Waals surface area contributed by atoms with E-state index >= 15 is 0 Å². The molecule has 0 bridgehead atoms. The molecule has 0 aromatic carbocycles. The molecule has 0 aromatic rings. The van der Waals surface area contributed by atoms with Crippen molar-refractivity contribution in [3.63, 3.8) is 0 Å². The molecule has 1 N–H and O–H groups in total. The maximum absolute atomic E-state index is 12.1. The first-order chi connectivity index (χ1) is 10.1. The summed E-state index contributed by atoms with van der Waals surface area (Å²) in [7, 11) is 0. The third-order valence-electron chi connectivity index (χ3n) is 4.52. The minimum Gasteiger partial charge on any atom is -0.379 e. The molecule has 2 aliphatic rings. The van der Waals surface area contributed by atoms with Gasteiger partial charge in [0.05, 0.1) is 13.2 Å². The summed E-state index contributed by atoms with van der Waals surface area (Å²) in [6.45, 7) is 12.0. The molecule has 0 atom stereocenters. The van der Waals surface area contributed by atoms with Gasteiger partial charge in [-0.05, 0) is 31.1 Å². The number of nitrogens with one attached hydrogen (secondary N) is 1. The molecule has 2 amide bonds. The first kappa shape index (κ1) is 16.6. The summed E-state index contributed by atoms with van der Waals surface area (Å²) in [5, 5.41) is 3.04. The molecule has 2 rings (SSSR count). The van der Waals surface area contributed by atoms with Crippen molar-refractivity contribution in [2.24, 2.45) is 11.8 Å². The van der Waals surface area contributed by atoms with Crippen LogP contribution in [-0.2, 0) is 4.74 Å². The van der Waals surface area contributed by atoms with E-state index in [1.165, 1.54) is 6.54 Å². The van der Waals surface area contributed by atoms with Gasteiger partial charge in [-0.15, -0.1) is 0 Å². The molecule has 5 heteroatoms. The van der Waals surface area contributed by atoms with Gasteiger partial charge in [-0.25, -0.2) is 4.79 Å². The molecule has 21 heavy (non-hydrogen) atoms. The van der Waals surface area contributed by atoms with E-state index in [-0.39, 0.29) is 6.03 Å². The van der Waals surface area contributed by atoms with Gasteiger partial charge in [-0.3, -0.25) is 4.90 Å². The van der Waals surface area contributed by atoms with Crippen LogP contribution in [0.5, 0.6) is 0 Å². The molecule has 0 radical (unpaired) electrons. The number of rotatable bonds is 5. The molecular weight excluding hydrogens is 266 g/mol. The van der Waals surface area contributed by atoms with E-state index in [1.54, 1.807) is 0 Å². The lowest BCUT2D eigenvalue weighted by atomic mass is 9.96. The van der Waals surface area contributed by atoms with Crippen molar-refractivity contribution in [1.82, 2.24) is 15.1 Å². The van der Waals surface area contributed by atoms with Crippen molar-refractivity contribution in [3.8, 4) is 0 Å². The largest absolute Gasteiger partial charge is 0.379 e. The minimum absolute atomic E-state index is 0.125. The highest BCUT2D eigenvalue weighted by molar-refractivity contribution is 5.74. The summed E-state index contributed by atoms with van der Waals surface area (Å²) in [5.74, 6) is 1.38. The number of hydrogen-bond acceptors (Lipinski definition) is 3. The molecule has 0 unspecified atom stereocenters. The molecule has 2 saturated heterocycles. The Morgan fingerprint density at radius 2 is 1.86 bits per heavy atom. The lowest BCUT2D eigenvalue weighted by molar-refractivity contribution is 0.0258. The third-order valence-corrected chi connectivity index (χ3v) is 4.52. The maximum Gasteiger partial charge on any atom is 0.317 e. The van der Waals surface area contributed by atoms with E-state index in [4.69, 9.17) is 4.74 Å². The highest BCUT2D eigenvalue weighted by Crippen LogP contribution is 2.19. The highest BCUT2D eigenvalue weighted by Gasteiger charge is 2.24. The zero-order chi connectivity index (χ0) is 15.1. The molecule has 122 valence electrons. The van der Waals surface area contributed by atoms with Crippen molar-refractivity contribution in [1.29, 1.82) is 0 Å². The number of amides is 2. The molecular formula is C16H31N3O2. The van der Waals surface area contributed by atoms with Crippen LogP contribution in [0.15, 0.2) is 0 Å². The number of hydrogen-bond donors (Lipinski definition) is 1. The van der Waals surface area contributed by atoms with Crippen LogP contribution in [0.4, 0.5) is 4.79 Å². The average molecular weight is 297 g/mol. The predicted molar refractivity (Wildman–Crippen MR) is 84.4 cm³/mol. The predicted octanol–water partition coefficient (Wildman–Crippen LogP) is 1.79. The van der Waals surface area contributed by atoms with Crippen LogP contribution in [0.2, 0.25) is 0 Å². The summed E-state index contributed by atoms with van der Waals surface area (Å²) in [4.78, 5) is 16.6. The van der Waals surface area contributed by atoms with Crippen LogP contribution in [-0.4, -0.2) is 68.3 Å². The monoisotopic (exact) mass is 297 g/mol. The summed E-state index contributed by atoms with van der Waals surface area (Å²) in [6.07, 6.45) is 3.32. The summed E-state index contributed by atoms with van der Waals surface area (Å²) in [6, 6.07) is 0.125. The Kier molecular flexibility index (Phi) is 6.77. The lowest BCUT2D eigenvalue weighted by Crippen LogP contribution is -2.47. The smallest absolute Gasteiger partial charge is 0.317 e. The van der Waals surface area contributed by atoms with E-state index in [1.807, 2.05) is 4.90 Å². The number of carbonyl (C=O) groups is 1. The molecule has 2 aliphatic heterocycles. The molecule has 0 aliphatic carbocycles. The second-order valence-electron chi connectivity index (χ2n) is 6.76. The fourth-order valence-electron chi connectivity index (χ4n) is 3.05. The Labute approximate surface area is 129 Å². The van der Waals surface area contributed by atoms with E-state index < -0.39 is 0 Å². The molecule has 0 spiro atoms. The van der Waals surface area contributed by atoms with Gasteiger partial charge in [0.15, 0.2) is 0 Å². The van der Waals surface area contributed by atoms with Crippen LogP contribution in [0.1, 0.15) is 33.1 Å². The van der Waals surface area contributed by atoms with Crippen molar-refractivity contribution in [3.05, 3.63) is 0 Å². The zero-order valence-corrected chi connectivity index (χ0v) is 13.6. The van der Waals surface area contributed by atoms with E-state index in [0.29, 0.717) is 5.92 Å². The Balaban J connectivity index is 1.61. The van der Waals surface area contributed by atoms with Crippen molar-refractivity contribution in [2.45, 2.75) is 33.1 Å². The number of nitrogens with zero attached hydrogens (tertiary/aromatic N) is 2. The number of ether oxygens (including phenoxy) is 1. The Morgan fingerprint density at radius 1 is 1.19 bits per heavy atom. The number of urea groups is 1. The zero-order valence-electron chi connectivity index (χ0n) is 13.6. The fraction of sp³-hybridized carbons (Fsp3) is 0.938. The van der Waals surface area contributed by atoms with Crippen LogP contribution in [0.25, 0.3) is 0 Å². The van der Waals surface area contributed by atoms with Gasteiger partial charge >= 0.3 is 6.03 Å². The maximum atomic E-state index is 12.1. The fourth-order valence-corrected chi connectivity index (χ4v) is 3.05. The van der Waals surface area contributed by atoms with E-state index in [9.17, 15) is 4.79 Å². The number of likely N-dealkylation sites (tertiary alicyclic amines) is 1. The third kappa shape index (κ3) is 5.83. The van der Waals surface area contributed by atoms with Crippen LogP contribution in [0, 0.1) is 11.8 Å². The number of carbonyl (C=O) groups excluding carboxylic acids is 1. The molecule has 2 fully saturated rings. The Bertz CT molecular complexity index is 309. The first-order valence-corrected chi connectivity index (χ1v) is 8.48. The Hall–Kier alpha value is -0.810. The van der Waals surface area contributed by atoms with Crippen molar-refractivity contribution < 1.29 is 9.53 Å². The quantitative estimate of drug-likeness (QED) is 0.841. The molecule has 0 aromatic heterocycles. The van der Waals surface area contributed by atoms with Crippen molar-refractivity contribution >= 4 is 6.03 Å². The van der Waals surface area contributed by atoms with Gasteiger partial charge in [-0.1, -0.05) is 13.8 Å². The van der Waals surface area contributed by atoms with Crippen LogP contribution in [0.3, 0.4) is 0 Å². The second-order valence-corrected chi connectivity index (χ2v) is 6.76. The number of piperidine rings is 1. The first-order valence-electron chi connectivity index (χ1n) is 8.48. The van der Waals surface area contributed by atoms with Gasteiger partial charge in [0.2, 0.25) is 0 Å². The summed E-state index contributed by atoms with van der Waals surface area (Å²) >= 11 is 0. The molecule has 2 heterocycles. The van der Waals surface area contributed by atoms with Gasteiger partial charge in [-0.2, -0.15) is 0 Å². The van der Waals surface area contributed by atoms with Crippen molar-refractivity contribution in [2.75, 3.05) is 52.5 Å². The van der Waals surface area contributed by atoms with Gasteiger partial charge in [0.1, 0.15) is 0 Å². The number of morpholine rings is 1. The average Bonchev–Trinajstić information content (AvgIpc) is 2.48. The standard InChI is InChI=1S/C16H31N3O2/c1-14(2)3-6-17-16(20)19-7-4-15(5-8-19)13-18-9-11-21-12-10-18/h14-15H,3-13H2,1-2H3,(H,17,20). The van der Waals surface area contributed by atoms with E-state index in [0.717, 1.165) is 71.1 Å². The van der Waals surface area contributed by atoms with Crippen LogP contribution >= 0.6 is 0 Å². The lowest BCUT2D eigenvalue weighted by Gasteiger charge is -2.36. The Morgan fingerprint density at radius 3 is 2.48 bits per heavy atom. The van der Waals surface area contributed by atoms with Gasteiger partial charge in [0.25, 0.3) is 0 Å². The minimum atomic E-state index is 0.125. The van der Waals surface area contributed by atoms with Gasteiger partial charge in [0, 0.05) is 39.3 Å². The topological polar surface area (TPSA) is 44.8 Å².